The summed E-state index contributed by atoms with van der Waals surface area (Å²) >= 11 is 0. The highest BCUT2D eigenvalue weighted by molar-refractivity contribution is 6.46. The number of hydrogen-bond donors (Lipinski definition) is 1. The van der Waals surface area contributed by atoms with E-state index >= 15 is 0 Å². The van der Waals surface area contributed by atoms with Crippen molar-refractivity contribution in [2.75, 3.05) is 13.7 Å². The van der Waals surface area contributed by atoms with Crippen molar-refractivity contribution < 1.29 is 33.3 Å². The van der Waals surface area contributed by atoms with E-state index in [1.165, 1.54) is 18.3 Å². The van der Waals surface area contributed by atoms with Crippen LogP contribution < -0.4 is 14.2 Å². The molecule has 0 bridgehead atoms. The lowest BCUT2D eigenvalue weighted by atomic mass is 9.95. The van der Waals surface area contributed by atoms with Gasteiger partial charge in [-0.3, -0.25) is 9.59 Å². The van der Waals surface area contributed by atoms with Crippen LogP contribution in [0.15, 0.2) is 101 Å². The predicted molar refractivity (Wildman–Crippen MR) is 148 cm³/mol. The smallest absolute Gasteiger partial charge is 0.296 e. The molecule has 1 saturated heterocycles. The summed E-state index contributed by atoms with van der Waals surface area (Å²) in [5.41, 5.74) is 1.93. The summed E-state index contributed by atoms with van der Waals surface area (Å²) in [4.78, 5) is 28.1. The number of ether oxygens (including phenoxy) is 3. The molecule has 5 rings (SSSR count). The minimum atomic E-state index is -0.895. The van der Waals surface area contributed by atoms with E-state index in [2.05, 4.69) is 0 Å². The van der Waals surface area contributed by atoms with Gasteiger partial charge in [-0.1, -0.05) is 36.4 Å². The molecule has 8 heteroatoms. The minimum absolute atomic E-state index is 0.0271. The van der Waals surface area contributed by atoms with Gasteiger partial charge in [0.25, 0.3) is 11.7 Å². The molecule has 204 valence electrons. The molecule has 3 aromatic carbocycles. The van der Waals surface area contributed by atoms with Gasteiger partial charge in [0.2, 0.25) is 0 Å². The number of benzene rings is 3. The van der Waals surface area contributed by atoms with Gasteiger partial charge >= 0.3 is 0 Å². The molecule has 1 aliphatic heterocycles. The first kappa shape index (κ1) is 26.6. The Morgan fingerprint density at radius 3 is 2.38 bits per heavy atom. The van der Waals surface area contributed by atoms with Gasteiger partial charge in [-0.2, -0.15) is 0 Å². The Kier molecular flexibility index (Phi) is 7.87. The number of amides is 1. The average Bonchev–Trinajstić information content (AvgIpc) is 3.59. The zero-order valence-electron chi connectivity index (χ0n) is 22.2. The highest BCUT2D eigenvalue weighted by atomic mass is 16.5. The van der Waals surface area contributed by atoms with Gasteiger partial charge in [-0.25, -0.2) is 0 Å². The van der Waals surface area contributed by atoms with Crippen molar-refractivity contribution in [2.24, 2.45) is 0 Å². The molecule has 4 aromatic rings. The summed E-state index contributed by atoms with van der Waals surface area (Å²) in [6.45, 7) is 2.75. The zero-order chi connectivity index (χ0) is 28.1. The van der Waals surface area contributed by atoms with Crippen molar-refractivity contribution >= 4 is 17.4 Å². The normalized spacial score (nSPS) is 16.2. The van der Waals surface area contributed by atoms with Gasteiger partial charge in [-0.15, -0.1) is 0 Å². The fraction of sp³-hybridized carbons (Fsp3) is 0.188. The van der Waals surface area contributed by atoms with Gasteiger partial charge in [0.05, 0.1) is 38.1 Å². The summed E-state index contributed by atoms with van der Waals surface area (Å²) in [5, 5.41) is 11.4. The lowest BCUT2D eigenvalue weighted by molar-refractivity contribution is -0.140. The van der Waals surface area contributed by atoms with Crippen LogP contribution in [0.5, 0.6) is 17.2 Å². The molecule has 2 heterocycles. The maximum Gasteiger partial charge on any atom is 0.296 e. The van der Waals surface area contributed by atoms with Gasteiger partial charge in [0.15, 0.2) is 11.5 Å². The van der Waals surface area contributed by atoms with Crippen LogP contribution in [0.2, 0.25) is 0 Å². The van der Waals surface area contributed by atoms with Crippen LogP contribution >= 0.6 is 0 Å². The van der Waals surface area contributed by atoms with Crippen LogP contribution in [-0.2, 0) is 22.7 Å². The summed E-state index contributed by atoms with van der Waals surface area (Å²) < 4.78 is 22.6. The largest absolute Gasteiger partial charge is 0.507 e. The number of hydrogen-bond acceptors (Lipinski definition) is 7. The van der Waals surface area contributed by atoms with Gasteiger partial charge in [-0.05, 0) is 66.6 Å². The molecule has 0 saturated carbocycles. The highest BCUT2D eigenvalue weighted by Crippen LogP contribution is 2.43. The first-order valence-corrected chi connectivity index (χ1v) is 12.9. The molecule has 0 spiro atoms. The molecule has 1 N–H and O–H groups in total. The van der Waals surface area contributed by atoms with Gasteiger partial charge < -0.3 is 28.6 Å². The molecule has 0 aliphatic carbocycles. The molecular weight excluding hydrogens is 510 g/mol. The Balaban J connectivity index is 1.55. The Hall–Kier alpha value is -4.98. The second-order valence-electron chi connectivity index (χ2n) is 9.15. The van der Waals surface area contributed by atoms with E-state index in [0.29, 0.717) is 47.3 Å². The number of ketones is 1. The number of aliphatic hydroxyl groups excluding tert-OH is 1. The van der Waals surface area contributed by atoms with Crippen molar-refractivity contribution in [2.45, 2.75) is 26.1 Å². The van der Waals surface area contributed by atoms with Crippen LogP contribution in [0.25, 0.3) is 5.76 Å². The van der Waals surface area contributed by atoms with Gasteiger partial charge in [0.1, 0.15) is 23.9 Å². The van der Waals surface area contributed by atoms with Crippen LogP contribution in [0, 0.1) is 0 Å². The topological polar surface area (TPSA) is 98.4 Å². The zero-order valence-corrected chi connectivity index (χ0v) is 22.2. The average molecular weight is 540 g/mol. The lowest BCUT2D eigenvalue weighted by Crippen LogP contribution is -2.29. The van der Waals surface area contributed by atoms with Gasteiger partial charge in [0, 0.05) is 5.56 Å². The third kappa shape index (κ3) is 5.42. The molecule has 1 fully saturated rings. The molecule has 8 nitrogen and oxygen atoms in total. The summed E-state index contributed by atoms with van der Waals surface area (Å²) in [6.07, 6.45) is 1.50. The standard InChI is InChI=1S/C32H29NO7/c1-3-38-24-14-11-22(12-15-24)30(34)28-29(33(32(36)31(28)35)19-25-10-7-17-39-25)23-13-16-26(27(18-23)37-2)40-20-21-8-5-4-6-9-21/h4-18,29,34H,3,19-20H2,1-2H3/b30-28+. The van der Waals surface area contributed by atoms with E-state index in [4.69, 9.17) is 18.6 Å². The van der Waals surface area contributed by atoms with E-state index < -0.39 is 17.7 Å². The lowest BCUT2D eigenvalue weighted by Gasteiger charge is -2.25. The quantitative estimate of drug-likeness (QED) is 0.152. The second-order valence-corrected chi connectivity index (χ2v) is 9.15. The van der Waals surface area contributed by atoms with E-state index in [1.54, 1.807) is 54.6 Å². The van der Waals surface area contributed by atoms with Crippen LogP contribution in [0.1, 0.15) is 35.4 Å². The van der Waals surface area contributed by atoms with Crippen LogP contribution in [0.3, 0.4) is 0 Å². The maximum atomic E-state index is 13.4. The Bertz CT molecular complexity index is 1510. The first-order chi connectivity index (χ1) is 19.5. The Morgan fingerprint density at radius 2 is 1.70 bits per heavy atom. The SMILES string of the molecule is CCOc1ccc(/C(O)=C2\C(=O)C(=O)N(Cc3ccco3)C2c2ccc(OCc3ccccc3)c(OC)c2)cc1. The van der Waals surface area contributed by atoms with E-state index in [0.717, 1.165) is 5.56 Å². The van der Waals surface area contributed by atoms with E-state index in [9.17, 15) is 14.7 Å². The molecule has 1 aliphatic rings. The van der Waals surface area contributed by atoms with Crippen LogP contribution in [-0.4, -0.2) is 35.4 Å². The second kappa shape index (κ2) is 11.8. The number of carbonyl (C=O) groups excluding carboxylic acids is 2. The highest BCUT2D eigenvalue weighted by Gasteiger charge is 2.46. The van der Waals surface area contributed by atoms with Crippen molar-refractivity contribution in [3.8, 4) is 17.2 Å². The monoisotopic (exact) mass is 539 g/mol. The Labute approximate surface area is 232 Å². The third-order valence-corrected chi connectivity index (χ3v) is 6.63. The predicted octanol–water partition coefficient (Wildman–Crippen LogP) is 5.89. The number of furan rings is 1. The Morgan fingerprint density at radius 1 is 0.925 bits per heavy atom. The fourth-order valence-electron chi connectivity index (χ4n) is 4.70. The summed E-state index contributed by atoms with van der Waals surface area (Å²) in [5.74, 6) is 0.260. The van der Waals surface area contributed by atoms with E-state index in [-0.39, 0.29) is 17.9 Å². The summed E-state index contributed by atoms with van der Waals surface area (Å²) in [7, 11) is 1.52. The molecule has 1 amide bonds. The van der Waals surface area contributed by atoms with Crippen molar-refractivity contribution in [3.63, 3.8) is 0 Å². The third-order valence-electron chi connectivity index (χ3n) is 6.63. The fourth-order valence-corrected chi connectivity index (χ4v) is 4.70. The number of rotatable bonds is 10. The molecule has 0 radical (unpaired) electrons. The minimum Gasteiger partial charge on any atom is -0.507 e. The molecule has 40 heavy (non-hydrogen) atoms. The number of likely N-dealkylation sites (tertiary alicyclic amines) is 1. The van der Waals surface area contributed by atoms with E-state index in [1.807, 2.05) is 37.3 Å². The maximum absolute atomic E-state index is 13.4. The number of Topliss-reactive ketones (excluding diaryl/α,β-unsaturated/α-hetero) is 1. The first-order valence-electron chi connectivity index (χ1n) is 12.9. The number of methoxy groups -OCH3 is 1. The van der Waals surface area contributed by atoms with Crippen molar-refractivity contribution in [1.82, 2.24) is 4.90 Å². The number of carbonyl (C=O) groups is 2. The number of nitrogens with zero attached hydrogens (tertiary/aromatic N) is 1. The molecule has 1 aromatic heterocycles. The molecule has 1 atom stereocenters. The molecular formula is C32H29NO7. The molecule has 1 unspecified atom stereocenters. The van der Waals surface area contributed by atoms with Crippen molar-refractivity contribution in [1.29, 1.82) is 0 Å². The van der Waals surface area contributed by atoms with Crippen LogP contribution in [0.4, 0.5) is 0 Å². The summed E-state index contributed by atoms with van der Waals surface area (Å²) in [6, 6.07) is 24.2. The van der Waals surface area contributed by atoms with Crippen molar-refractivity contribution in [3.05, 3.63) is 119 Å². The number of aliphatic hydroxyl groups is 1.